The van der Waals surface area contributed by atoms with Gasteiger partial charge in [-0.3, -0.25) is 25.2 Å². The minimum absolute atomic E-state index is 0.00327. The predicted molar refractivity (Wildman–Crippen MR) is 112 cm³/mol. The van der Waals surface area contributed by atoms with Gasteiger partial charge in [-0.25, -0.2) is 17.2 Å². The average Bonchev–Trinajstić information content (AvgIpc) is 3.29. The number of benzene rings is 2. The Hall–Kier alpha value is -3.31. The van der Waals surface area contributed by atoms with Gasteiger partial charge in [-0.2, -0.15) is 0 Å². The van der Waals surface area contributed by atoms with Crippen LogP contribution in [0.3, 0.4) is 0 Å². The normalized spacial score (nSPS) is 11.0. The smallest absolute Gasteiger partial charge is 0.271 e. The van der Waals surface area contributed by atoms with Crippen LogP contribution in [0.5, 0.6) is 0 Å². The molecule has 0 bridgehead atoms. The number of anilines is 1. The average molecular weight is 466 g/mol. The second-order valence-electron chi connectivity index (χ2n) is 6.33. The number of para-hydroxylation sites is 1. The molecule has 0 saturated carbocycles. The Labute approximate surface area is 181 Å². The Morgan fingerprint density at radius 3 is 2.42 bits per heavy atom. The van der Waals surface area contributed by atoms with Crippen molar-refractivity contribution in [3.63, 3.8) is 0 Å². The number of sulfonamides is 1. The van der Waals surface area contributed by atoms with E-state index in [2.05, 4.69) is 15.6 Å². The van der Waals surface area contributed by atoms with Crippen molar-refractivity contribution < 1.29 is 26.8 Å². The summed E-state index contributed by atoms with van der Waals surface area (Å²) in [6.07, 6.45) is 0.0497. The molecule has 2 aromatic carbocycles. The first-order valence-corrected chi connectivity index (χ1v) is 11.3. The molecule has 1 aromatic heterocycles. The molecule has 0 aliphatic carbocycles. The topological polar surface area (TPSA) is 104 Å². The quantitative estimate of drug-likeness (QED) is 0.466. The Kier molecular flexibility index (Phi) is 6.98. The van der Waals surface area contributed by atoms with Gasteiger partial charge >= 0.3 is 0 Å². The fraction of sp³-hybridized carbons (Fsp3) is 0.100. The highest BCUT2D eigenvalue weighted by atomic mass is 32.2. The standard InChI is InChI=1S/C20H17F2N3O4S2/c21-15-9-7-13(12-16(15)22)8-10-18(26)23-24-20(27)14-4-1-2-5-17(14)25-31(28,29)19-6-3-11-30-19/h1-7,9,11-12,25H,8,10H2,(H,23,26)(H,24,27). The molecule has 162 valence electrons. The van der Waals surface area contributed by atoms with Crippen LogP contribution in [0.1, 0.15) is 22.3 Å². The number of hydrazine groups is 1. The van der Waals surface area contributed by atoms with Crippen LogP contribution < -0.4 is 15.6 Å². The van der Waals surface area contributed by atoms with Crippen LogP contribution in [0.15, 0.2) is 64.2 Å². The largest absolute Gasteiger partial charge is 0.278 e. The Bertz CT molecular complexity index is 1200. The number of carbonyl (C=O) groups is 2. The fourth-order valence-electron chi connectivity index (χ4n) is 2.59. The van der Waals surface area contributed by atoms with Crippen molar-refractivity contribution in [2.75, 3.05) is 4.72 Å². The van der Waals surface area contributed by atoms with Crippen LogP contribution in [-0.4, -0.2) is 20.2 Å². The van der Waals surface area contributed by atoms with Gasteiger partial charge in [-0.1, -0.05) is 24.3 Å². The van der Waals surface area contributed by atoms with E-state index < -0.39 is 33.5 Å². The van der Waals surface area contributed by atoms with E-state index in [9.17, 15) is 26.8 Å². The number of hydrogen-bond donors (Lipinski definition) is 3. The molecule has 0 saturated heterocycles. The van der Waals surface area contributed by atoms with Crippen LogP contribution in [0.2, 0.25) is 0 Å². The zero-order valence-electron chi connectivity index (χ0n) is 15.9. The van der Waals surface area contributed by atoms with E-state index in [0.29, 0.717) is 5.56 Å². The third-order valence-corrected chi connectivity index (χ3v) is 6.88. The first kappa shape index (κ1) is 22.4. The molecule has 0 aliphatic rings. The van der Waals surface area contributed by atoms with Crippen molar-refractivity contribution in [3.05, 3.63) is 82.7 Å². The van der Waals surface area contributed by atoms with Crippen LogP contribution in [0.25, 0.3) is 0 Å². The van der Waals surface area contributed by atoms with Crippen LogP contribution in [0, 0.1) is 11.6 Å². The van der Waals surface area contributed by atoms with Crippen molar-refractivity contribution in [2.45, 2.75) is 17.1 Å². The molecule has 1 heterocycles. The lowest BCUT2D eigenvalue weighted by atomic mass is 10.1. The number of hydrogen-bond acceptors (Lipinski definition) is 5. The van der Waals surface area contributed by atoms with E-state index >= 15 is 0 Å². The summed E-state index contributed by atoms with van der Waals surface area (Å²) in [5, 5.41) is 1.61. The molecule has 0 atom stereocenters. The van der Waals surface area contributed by atoms with Crippen LogP contribution in [-0.2, 0) is 21.2 Å². The monoisotopic (exact) mass is 465 g/mol. The molecular formula is C20H17F2N3O4S2. The summed E-state index contributed by atoms with van der Waals surface area (Å²) in [6.45, 7) is 0. The zero-order valence-corrected chi connectivity index (χ0v) is 17.5. The number of carbonyl (C=O) groups excluding carboxylic acids is 2. The molecule has 0 spiro atoms. The molecule has 3 rings (SSSR count). The Morgan fingerprint density at radius 2 is 1.71 bits per heavy atom. The highest BCUT2D eigenvalue weighted by Gasteiger charge is 2.19. The summed E-state index contributed by atoms with van der Waals surface area (Å²) in [7, 11) is -3.86. The number of nitrogens with one attached hydrogen (secondary N) is 3. The summed E-state index contributed by atoms with van der Waals surface area (Å²) in [4.78, 5) is 24.4. The van der Waals surface area contributed by atoms with Gasteiger partial charge in [0.25, 0.3) is 15.9 Å². The third-order valence-electron chi connectivity index (χ3n) is 4.12. The number of rotatable bonds is 7. The first-order valence-electron chi connectivity index (χ1n) is 8.95. The number of amides is 2. The van der Waals surface area contributed by atoms with Gasteiger partial charge < -0.3 is 0 Å². The lowest BCUT2D eigenvalue weighted by Gasteiger charge is -2.12. The highest BCUT2D eigenvalue weighted by Crippen LogP contribution is 2.22. The summed E-state index contributed by atoms with van der Waals surface area (Å²) in [5.74, 6) is -3.28. The number of halogens is 2. The summed E-state index contributed by atoms with van der Waals surface area (Å²) < 4.78 is 53.4. The number of aryl methyl sites for hydroxylation is 1. The zero-order chi connectivity index (χ0) is 22.4. The van der Waals surface area contributed by atoms with Gasteiger partial charge in [0.15, 0.2) is 11.6 Å². The van der Waals surface area contributed by atoms with E-state index in [-0.39, 0.29) is 28.3 Å². The van der Waals surface area contributed by atoms with E-state index in [0.717, 1.165) is 23.5 Å². The Balaban J connectivity index is 1.59. The van der Waals surface area contributed by atoms with Gasteiger partial charge in [0, 0.05) is 6.42 Å². The van der Waals surface area contributed by atoms with E-state index in [1.807, 2.05) is 0 Å². The lowest BCUT2D eigenvalue weighted by molar-refractivity contribution is -0.121. The molecule has 0 fully saturated rings. The summed E-state index contributed by atoms with van der Waals surface area (Å²) in [5.41, 5.74) is 4.90. The molecule has 0 aliphatic heterocycles. The van der Waals surface area contributed by atoms with E-state index in [1.54, 1.807) is 23.6 Å². The van der Waals surface area contributed by atoms with Gasteiger partial charge in [-0.05, 0) is 47.7 Å². The van der Waals surface area contributed by atoms with Gasteiger partial charge in [-0.15, -0.1) is 11.3 Å². The van der Waals surface area contributed by atoms with E-state index in [4.69, 9.17) is 0 Å². The van der Waals surface area contributed by atoms with Gasteiger partial charge in [0.05, 0.1) is 11.3 Å². The van der Waals surface area contributed by atoms with Crippen LogP contribution in [0.4, 0.5) is 14.5 Å². The summed E-state index contributed by atoms with van der Waals surface area (Å²) >= 11 is 1.03. The molecular weight excluding hydrogens is 448 g/mol. The number of thiophene rings is 1. The van der Waals surface area contributed by atoms with Gasteiger partial charge in [0.1, 0.15) is 4.21 Å². The fourth-order valence-corrected chi connectivity index (χ4v) is 4.66. The molecule has 0 unspecified atom stereocenters. The lowest BCUT2D eigenvalue weighted by Crippen LogP contribution is -2.42. The van der Waals surface area contributed by atoms with Crippen molar-refractivity contribution >= 4 is 38.9 Å². The third kappa shape index (κ3) is 5.86. The second kappa shape index (κ2) is 9.67. The second-order valence-corrected chi connectivity index (χ2v) is 9.19. The molecule has 3 N–H and O–H groups in total. The molecule has 7 nitrogen and oxygen atoms in total. The maximum absolute atomic E-state index is 13.2. The first-order chi connectivity index (χ1) is 14.8. The SMILES string of the molecule is O=C(CCc1ccc(F)c(F)c1)NNC(=O)c1ccccc1NS(=O)(=O)c1cccs1. The van der Waals surface area contributed by atoms with Crippen molar-refractivity contribution in [2.24, 2.45) is 0 Å². The minimum atomic E-state index is -3.86. The van der Waals surface area contributed by atoms with E-state index in [1.165, 1.54) is 24.3 Å². The highest BCUT2D eigenvalue weighted by molar-refractivity contribution is 7.94. The predicted octanol–water partition coefficient (Wildman–Crippen LogP) is 3.22. The maximum atomic E-state index is 13.2. The van der Waals surface area contributed by atoms with Crippen molar-refractivity contribution in [1.29, 1.82) is 0 Å². The van der Waals surface area contributed by atoms with Crippen molar-refractivity contribution in [3.8, 4) is 0 Å². The van der Waals surface area contributed by atoms with Gasteiger partial charge in [0.2, 0.25) is 5.91 Å². The molecule has 0 radical (unpaired) electrons. The molecule has 3 aromatic rings. The molecule has 31 heavy (non-hydrogen) atoms. The molecule has 2 amide bonds. The van der Waals surface area contributed by atoms with Crippen LogP contribution >= 0.6 is 11.3 Å². The Morgan fingerprint density at radius 1 is 0.935 bits per heavy atom. The van der Waals surface area contributed by atoms with Crippen molar-refractivity contribution in [1.82, 2.24) is 10.9 Å². The molecule has 11 heteroatoms. The maximum Gasteiger partial charge on any atom is 0.271 e. The minimum Gasteiger partial charge on any atom is -0.278 e. The summed E-state index contributed by atoms with van der Waals surface area (Å²) in [6, 6.07) is 12.3.